The van der Waals surface area contributed by atoms with Crippen molar-refractivity contribution < 1.29 is 0 Å². The zero-order valence-corrected chi connectivity index (χ0v) is 10.2. The summed E-state index contributed by atoms with van der Waals surface area (Å²) in [4.78, 5) is 2.79. The van der Waals surface area contributed by atoms with E-state index in [0.29, 0.717) is 0 Å². The number of fused-ring (bicyclic) bond motifs is 2. The topological polar surface area (TPSA) is 15.3 Å². The van der Waals surface area contributed by atoms with Gasteiger partial charge in [0.05, 0.1) is 0 Å². The third-order valence-electron chi connectivity index (χ3n) is 4.96. The van der Waals surface area contributed by atoms with E-state index in [1.165, 1.54) is 31.2 Å². The van der Waals surface area contributed by atoms with Crippen molar-refractivity contribution in [2.24, 2.45) is 0 Å². The Bertz CT molecular complexity index is 385. The fraction of sp³-hybridized carbons (Fsp3) is 0.600. The van der Waals surface area contributed by atoms with Gasteiger partial charge in [-0.3, -0.25) is 4.90 Å². The molecule has 5 fully saturated rings. The monoisotopic (exact) mass is 228 g/mol. The summed E-state index contributed by atoms with van der Waals surface area (Å²) < 4.78 is 0. The number of piperidine rings is 4. The van der Waals surface area contributed by atoms with Gasteiger partial charge in [0, 0.05) is 30.7 Å². The van der Waals surface area contributed by atoms with Gasteiger partial charge in [-0.05, 0) is 31.2 Å². The lowest BCUT2D eigenvalue weighted by Crippen LogP contribution is -2.73. The summed E-state index contributed by atoms with van der Waals surface area (Å²) in [5.41, 5.74) is 1.48. The van der Waals surface area contributed by atoms with E-state index in [1.54, 1.807) is 0 Å². The second kappa shape index (κ2) is 3.82. The van der Waals surface area contributed by atoms with Crippen LogP contribution < -0.4 is 5.32 Å². The molecule has 0 spiro atoms. The number of rotatable bonds is 2. The first-order chi connectivity index (χ1) is 8.42. The normalized spacial score (nSPS) is 39.8. The molecule has 0 amide bonds. The Morgan fingerprint density at radius 2 is 1.59 bits per heavy atom. The predicted octanol–water partition coefficient (Wildman–Crippen LogP) is 2.15. The zero-order valence-electron chi connectivity index (χ0n) is 10.2. The highest BCUT2D eigenvalue weighted by molar-refractivity contribution is 5.17. The Balaban J connectivity index is 1.59. The molecule has 0 aromatic heterocycles. The van der Waals surface area contributed by atoms with E-state index in [0.717, 1.165) is 30.7 Å². The third-order valence-corrected chi connectivity index (χ3v) is 4.96. The molecule has 5 aliphatic rings. The molecule has 6 rings (SSSR count). The molecule has 5 aliphatic heterocycles. The average molecular weight is 228 g/mol. The Hall–Kier alpha value is -0.860. The van der Waals surface area contributed by atoms with Crippen LogP contribution in [-0.4, -0.2) is 29.1 Å². The standard InChI is InChI=1S/C15H20N2/c1-2-4-11(5-3-1)10-17-14-8-6-12-15(17)9-7-13(14)16-12/h1-5,12-16H,6-10H2/t12-,13-,14-,15-/m0/s1. The Labute approximate surface area is 103 Å². The molecule has 4 atom stereocenters. The number of hydrogen-bond acceptors (Lipinski definition) is 2. The Morgan fingerprint density at radius 1 is 0.941 bits per heavy atom. The fourth-order valence-electron chi connectivity index (χ4n) is 4.22. The summed E-state index contributed by atoms with van der Waals surface area (Å²) in [5, 5.41) is 3.83. The SMILES string of the molecule is c1ccc(CN2[C@H]3CC[C@@H]4N[C@H]3CC[C@@H]42)cc1. The molecular weight excluding hydrogens is 208 g/mol. The van der Waals surface area contributed by atoms with Crippen LogP contribution in [0.2, 0.25) is 0 Å². The largest absolute Gasteiger partial charge is 0.308 e. The lowest BCUT2D eigenvalue weighted by Gasteiger charge is -2.60. The van der Waals surface area contributed by atoms with Crippen molar-refractivity contribution in [1.29, 1.82) is 0 Å². The van der Waals surface area contributed by atoms with Crippen molar-refractivity contribution in [3.63, 3.8) is 0 Å². The van der Waals surface area contributed by atoms with Gasteiger partial charge < -0.3 is 5.32 Å². The van der Waals surface area contributed by atoms with Gasteiger partial charge in [0.25, 0.3) is 0 Å². The van der Waals surface area contributed by atoms with Gasteiger partial charge in [-0.1, -0.05) is 30.3 Å². The van der Waals surface area contributed by atoms with Crippen LogP contribution in [0.3, 0.4) is 0 Å². The summed E-state index contributed by atoms with van der Waals surface area (Å²) in [7, 11) is 0. The molecular formula is C15H20N2. The van der Waals surface area contributed by atoms with Crippen LogP contribution in [0.5, 0.6) is 0 Å². The van der Waals surface area contributed by atoms with Gasteiger partial charge in [0.2, 0.25) is 0 Å². The maximum atomic E-state index is 3.83. The first kappa shape index (κ1) is 10.1. The Morgan fingerprint density at radius 3 is 2.24 bits per heavy atom. The van der Waals surface area contributed by atoms with E-state index in [1.807, 2.05) is 0 Å². The predicted molar refractivity (Wildman–Crippen MR) is 68.7 cm³/mol. The maximum absolute atomic E-state index is 3.83. The molecule has 17 heavy (non-hydrogen) atoms. The quantitative estimate of drug-likeness (QED) is 0.834. The van der Waals surface area contributed by atoms with Crippen LogP contribution in [0.4, 0.5) is 0 Å². The van der Waals surface area contributed by atoms with Gasteiger partial charge in [-0.15, -0.1) is 0 Å². The van der Waals surface area contributed by atoms with E-state index in [9.17, 15) is 0 Å². The summed E-state index contributed by atoms with van der Waals surface area (Å²) in [6.07, 6.45) is 5.62. The third kappa shape index (κ3) is 1.54. The summed E-state index contributed by atoms with van der Waals surface area (Å²) >= 11 is 0. The summed E-state index contributed by atoms with van der Waals surface area (Å²) in [6.45, 7) is 1.16. The fourth-order valence-corrected chi connectivity index (χ4v) is 4.22. The molecule has 1 aromatic rings. The van der Waals surface area contributed by atoms with E-state index in [-0.39, 0.29) is 0 Å². The highest BCUT2D eigenvalue weighted by Crippen LogP contribution is 2.40. The number of hydrogen-bond donors (Lipinski definition) is 1. The van der Waals surface area contributed by atoms with Gasteiger partial charge in [0.1, 0.15) is 0 Å². The molecule has 90 valence electrons. The van der Waals surface area contributed by atoms with Crippen molar-refractivity contribution in [2.45, 2.75) is 56.4 Å². The molecule has 0 aliphatic carbocycles. The first-order valence-electron chi connectivity index (χ1n) is 6.97. The number of piperazine rings is 1. The highest BCUT2D eigenvalue weighted by Gasteiger charge is 2.49. The molecule has 4 bridgehead atoms. The molecule has 1 aromatic carbocycles. The minimum Gasteiger partial charge on any atom is -0.308 e. The van der Waals surface area contributed by atoms with E-state index in [4.69, 9.17) is 0 Å². The molecule has 0 radical (unpaired) electrons. The van der Waals surface area contributed by atoms with Crippen LogP contribution in [0, 0.1) is 0 Å². The van der Waals surface area contributed by atoms with Crippen LogP contribution >= 0.6 is 0 Å². The molecule has 2 nitrogen and oxygen atoms in total. The molecule has 5 saturated heterocycles. The van der Waals surface area contributed by atoms with Crippen LogP contribution in [-0.2, 0) is 6.54 Å². The molecule has 1 N–H and O–H groups in total. The van der Waals surface area contributed by atoms with Gasteiger partial charge in [-0.2, -0.15) is 0 Å². The number of nitrogens with one attached hydrogen (secondary N) is 1. The first-order valence-corrected chi connectivity index (χ1v) is 6.97. The Kier molecular flexibility index (Phi) is 2.27. The zero-order chi connectivity index (χ0) is 11.2. The van der Waals surface area contributed by atoms with Crippen molar-refractivity contribution in [3.05, 3.63) is 35.9 Å². The summed E-state index contributed by atoms with van der Waals surface area (Å²) in [6, 6.07) is 14.1. The average Bonchev–Trinajstić information content (AvgIpc) is 2.40. The maximum Gasteiger partial charge on any atom is 0.0257 e. The number of benzene rings is 1. The minimum absolute atomic E-state index is 0.780. The second-order valence-electron chi connectivity index (χ2n) is 5.83. The van der Waals surface area contributed by atoms with Crippen molar-refractivity contribution in [1.82, 2.24) is 10.2 Å². The van der Waals surface area contributed by atoms with Gasteiger partial charge in [0.15, 0.2) is 0 Å². The molecule has 5 heterocycles. The molecule has 0 saturated carbocycles. The van der Waals surface area contributed by atoms with Crippen LogP contribution in [0.15, 0.2) is 30.3 Å². The van der Waals surface area contributed by atoms with E-state index >= 15 is 0 Å². The van der Waals surface area contributed by atoms with Crippen molar-refractivity contribution >= 4 is 0 Å². The highest BCUT2D eigenvalue weighted by atomic mass is 15.3. The van der Waals surface area contributed by atoms with Gasteiger partial charge in [-0.25, -0.2) is 0 Å². The van der Waals surface area contributed by atoms with Gasteiger partial charge >= 0.3 is 0 Å². The van der Waals surface area contributed by atoms with Crippen molar-refractivity contribution in [3.8, 4) is 0 Å². The number of nitrogens with zero attached hydrogens (tertiary/aromatic N) is 1. The van der Waals surface area contributed by atoms with Crippen LogP contribution in [0.1, 0.15) is 31.2 Å². The lowest BCUT2D eigenvalue weighted by atomic mass is 9.73. The molecule has 0 unspecified atom stereocenters. The lowest BCUT2D eigenvalue weighted by molar-refractivity contribution is -0.0631. The van der Waals surface area contributed by atoms with Crippen molar-refractivity contribution in [2.75, 3.05) is 0 Å². The smallest absolute Gasteiger partial charge is 0.0257 e. The van der Waals surface area contributed by atoms with E-state index < -0.39 is 0 Å². The summed E-state index contributed by atoms with van der Waals surface area (Å²) in [5.74, 6) is 0. The molecule has 2 heteroatoms. The minimum atomic E-state index is 0.780. The second-order valence-corrected chi connectivity index (χ2v) is 5.83. The van der Waals surface area contributed by atoms with E-state index in [2.05, 4.69) is 40.5 Å². The van der Waals surface area contributed by atoms with Crippen LogP contribution in [0.25, 0.3) is 0 Å².